The van der Waals surface area contributed by atoms with Crippen LogP contribution >= 0.6 is 0 Å². The summed E-state index contributed by atoms with van der Waals surface area (Å²) in [6.07, 6.45) is 2.63. The second-order valence-corrected chi connectivity index (χ2v) is 5.45. The molecule has 2 aromatic rings. The maximum Gasteiger partial charge on any atom is 0.0604 e. The van der Waals surface area contributed by atoms with Crippen molar-refractivity contribution in [2.45, 2.75) is 31.8 Å². The molecule has 1 unspecified atom stereocenters. The average molecular weight is 251 g/mol. The molecule has 19 heavy (non-hydrogen) atoms. The van der Waals surface area contributed by atoms with Crippen LogP contribution in [0, 0.1) is 0 Å². The lowest BCUT2D eigenvalue weighted by Crippen LogP contribution is -2.32. The van der Waals surface area contributed by atoms with Gasteiger partial charge in [-0.3, -0.25) is 4.90 Å². The summed E-state index contributed by atoms with van der Waals surface area (Å²) >= 11 is 0. The normalized spacial score (nSPS) is 20.0. The van der Waals surface area contributed by atoms with Gasteiger partial charge in [0.25, 0.3) is 0 Å². The van der Waals surface area contributed by atoms with E-state index in [0.29, 0.717) is 12.1 Å². The van der Waals surface area contributed by atoms with E-state index in [9.17, 15) is 0 Å². The van der Waals surface area contributed by atoms with Crippen LogP contribution in [0.4, 0.5) is 0 Å². The molecule has 1 heteroatoms. The van der Waals surface area contributed by atoms with Gasteiger partial charge in [0, 0.05) is 6.04 Å². The summed E-state index contributed by atoms with van der Waals surface area (Å²) in [5.41, 5.74) is 2.81. The third kappa shape index (κ3) is 2.57. The lowest BCUT2D eigenvalue weighted by molar-refractivity contribution is 0.219. The van der Waals surface area contributed by atoms with E-state index in [1.807, 2.05) is 0 Å². The van der Waals surface area contributed by atoms with Crippen LogP contribution in [-0.2, 0) is 0 Å². The van der Waals surface area contributed by atoms with E-state index in [1.165, 1.54) is 30.5 Å². The number of likely N-dealkylation sites (tertiary alicyclic amines) is 1. The van der Waals surface area contributed by atoms with E-state index in [4.69, 9.17) is 0 Å². The highest BCUT2D eigenvalue weighted by atomic mass is 15.2. The lowest BCUT2D eigenvalue weighted by atomic mass is 9.96. The quantitative estimate of drug-likeness (QED) is 0.788. The van der Waals surface area contributed by atoms with E-state index in [-0.39, 0.29) is 0 Å². The van der Waals surface area contributed by atoms with Gasteiger partial charge < -0.3 is 0 Å². The summed E-state index contributed by atoms with van der Waals surface area (Å²) in [6, 6.07) is 22.9. The summed E-state index contributed by atoms with van der Waals surface area (Å²) in [4.78, 5) is 2.64. The third-order valence-corrected chi connectivity index (χ3v) is 4.17. The molecule has 1 atom stereocenters. The van der Waals surface area contributed by atoms with E-state index < -0.39 is 0 Å². The van der Waals surface area contributed by atoms with Crippen LogP contribution in [0.5, 0.6) is 0 Å². The second-order valence-electron chi connectivity index (χ2n) is 5.45. The Morgan fingerprint density at radius 3 is 1.84 bits per heavy atom. The molecule has 3 rings (SSSR count). The minimum Gasteiger partial charge on any atom is -0.290 e. The number of rotatable bonds is 3. The van der Waals surface area contributed by atoms with Gasteiger partial charge in [0.15, 0.2) is 0 Å². The fourth-order valence-electron chi connectivity index (χ4n) is 3.19. The molecule has 1 aliphatic heterocycles. The topological polar surface area (TPSA) is 3.24 Å². The van der Waals surface area contributed by atoms with Crippen molar-refractivity contribution in [3.63, 3.8) is 0 Å². The van der Waals surface area contributed by atoms with E-state index >= 15 is 0 Å². The molecular weight excluding hydrogens is 230 g/mol. The SMILES string of the molecule is CC1CCCN1C(c1ccccc1)c1ccccc1. The highest BCUT2D eigenvalue weighted by Crippen LogP contribution is 2.34. The largest absolute Gasteiger partial charge is 0.290 e. The molecule has 1 saturated heterocycles. The molecule has 1 nitrogen and oxygen atoms in total. The summed E-state index contributed by atoms with van der Waals surface area (Å²) in [6.45, 7) is 3.56. The molecule has 1 heterocycles. The van der Waals surface area contributed by atoms with Gasteiger partial charge in [-0.15, -0.1) is 0 Å². The molecule has 2 aromatic carbocycles. The summed E-state index contributed by atoms with van der Waals surface area (Å²) < 4.78 is 0. The van der Waals surface area contributed by atoms with Gasteiger partial charge in [0.2, 0.25) is 0 Å². The second kappa shape index (κ2) is 5.58. The first-order valence-electron chi connectivity index (χ1n) is 7.22. The van der Waals surface area contributed by atoms with Crippen LogP contribution in [-0.4, -0.2) is 17.5 Å². The Morgan fingerprint density at radius 2 is 1.42 bits per heavy atom. The van der Waals surface area contributed by atoms with Crippen molar-refractivity contribution < 1.29 is 0 Å². The average Bonchev–Trinajstić information content (AvgIpc) is 2.88. The van der Waals surface area contributed by atoms with Crippen molar-refractivity contribution >= 4 is 0 Å². The Bertz CT molecular complexity index is 466. The molecule has 0 aromatic heterocycles. The highest BCUT2D eigenvalue weighted by Gasteiger charge is 2.29. The Kier molecular flexibility index (Phi) is 3.65. The predicted molar refractivity (Wildman–Crippen MR) is 80.1 cm³/mol. The van der Waals surface area contributed by atoms with Crippen molar-refractivity contribution in [3.8, 4) is 0 Å². The summed E-state index contributed by atoms with van der Waals surface area (Å²) in [5, 5.41) is 0. The fraction of sp³-hybridized carbons (Fsp3) is 0.333. The van der Waals surface area contributed by atoms with Crippen LogP contribution in [0.1, 0.15) is 36.9 Å². The van der Waals surface area contributed by atoms with Crippen molar-refractivity contribution in [2.24, 2.45) is 0 Å². The summed E-state index contributed by atoms with van der Waals surface area (Å²) in [5.74, 6) is 0. The fourth-order valence-corrected chi connectivity index (χ4v) is 3.19. The molecule has 1 aliphatic rings. The van der Waals surface area contributed by atoms with Crippen LogP contribution < -0.4 is 0 Å². The highest BCUT2D eigenvalue weighted by molar-refractivity contribution is 5.32. The van der Waals surface area contributed by atoms with Crippen LogP contribution in [0.25, 0.3) is 0 Å². The number of nitrogens with zero attached hydrogens (tertiary/aromatic N) is 1. The third-order valence-electron chi connectivity index (χ3n) is 4.17. The first-order chi connectivity index (χ1) is 9.36. The molecule has 0 saturated carbocycles. The Morgan fingerprint density at radius 1 is 0.895 bits per heavy atom. The minimum absolute atomic E-state index is 0.403. The van der Waals surface area contributed by atoms with Gasteiger partial charge in [0.05, 0.1) is 6.04 Å². The van der Waals surface area contributed by atoms with Crippen LogP contribution in [0.2, 0.25) is 0 Å². The van der Waals surface area contributed by atoms with E-state index in [2.05, 4.69) is 72.5 Å². The Hall–Kier alpha value is -1.60. The zero-order chi connectivity index (χ0) is 13.1. The molecular formula is C18H21N. The molecule has 0 bridgehead atoms. The zero-order valence-corrected chi connectivity index (χ0v) is 11.5. The van der Waals surface area contributed by atoms with Gasteiger partial charge >= 0.3 is 0 Å². The molecule has 0 spiro atoms. The Balaban J connectivity index is 2.01. The molecule has 0 radical (unpaired) electrons. The van der Waals surface area contributed by atoms with Crippen LogP contribution in [0.3, 0.4) is 0 Å². The van der Waals surface area contributed by atoms with Gasteiger partial charge in [-0.25, -0.2) is 0 Å². The molecule has 98 valence electrons. The van der Waals surface area contributed by atoms with E-state index in [0.717, 1.165) is 0 Å². The molecule has 1 fully saturated rings. The van der Waals surface area contributed by atoms with Crippen LogP contribution in [0.15, 0.2) is 60.7 Å². The lowest BCUT2D eigenvalue weighted by Gasteiger charge is -2.32. The monoisotopic (exact) mass is 251 g/mol. The summed E-state index contributed by atoms with van der Waals surface area (Å²) in [7, 11) is 0. The van der Waals surface area contributed by atoms with Crippen molar-refractivity contribution in [1.29, 1.82) is 0 Å². The smallest absolute Gasteiger partial charge is 0.0604 e. The maximum absolute atomic E-state index is 2.64. The minimum atomic E-state index is 0.403. The standard InChI is InChI=1S/C18H21N/c1-15-9-8-14-19(15)18(16-10-4-2-5-11-16)17-12-6-3-7-13-17/h2-7,10-13,15,18H,8-9,14H2,1H3. The van der Waals surface area contributed by atoms with Gasteiger partial charge in [-0.1, -0.05) is 60.7 Å². The first kappa shape index (κ1) is 12.4. The zero-order valence-electron chi connectivity index (χ0n) is 11.5. The predicted octanol–water partition coefficient (Wildman–Crippen LogP) is 4.26. The van der Waals surface area contributed by atoms with Crippen molar-refractivity contribution in [2.75, 3.05) is 6.54 Å². The molecule has 0 N–H and O–H groups in total. The molecule has 0 aliphatic carbocycles. The van der Waals surface area contributed by atoms with Gasteiger partial charge in [-0.2, -0.15) is 0 Å². The number of hydrogen-bond donors (Lipinski definition) is 0. The maximum atomic E-state index is 2.64. The number of hydrogen-bond acceptors (Lipinski definition) is 1. The number of benzene rings is 2. The van der Waals surface area contributed by atoms with Crippen molar-refractivity contribution in [1.82, 2.24) is 4.90 Å². The van der Waals surface area contributed by atoms with Gasteiger partial charge in [0.1, 0.15) is 0 Å². The van der Waals surface area contributed by atoms with Crippen molar-refractivity contribution in [3.05, 3.63) is 71.8 Å². The molecule has 0 amide bonds. The van der Waals surface area contributed by atoms with E-state index in [1.54, 1.807) is 0 Å². The Labute approximate surface area is 115 Å². The van der Waals surface area contributed by atoms with Gasteiger partial charge in [-0.05, 0) is 37.4 Å². The first-order valence-corrected chi connectivity index (χ1v) is 7.22.